The van der Waals surface area contributed by atoms with Crippen molar-refractivity contribution in [2.75, 3.05) is 48.8 Å². The lowest BCUT2D eigenvalue weighted by molar-refractivity contribution is -0.115. The van der Waals surface area contributed by atoms with E-state index in [-0.39, 0.29) is 12.3 Å². The van der Waals surface area contributed by atoms with Crippen molar-refractivity contribution in [3.8, 4) is 0 Å². The minimum Gasteiger partial charge on any atom is -0.338 e. The Morgan fingerprint density at radius 1 is 1.20 bits per heavy atom. The lowest BCUT2D eigenvalue weighted by atomic mass is 10.2. The standard InChI is InChI=1S/C19H22FN9O/c1-28-5-7-29(8-6-28)19-22-12-21-18(25-19)24-16-10-15(26-27-16)11-17(30)23-14-4-2-3-13(20)9-14/h2-4,9-10,12H,5-8,11H2,1H3,(H,23,30)(H2,21,22,24,25,26,27). The van der Waals surface area contributed by atoms with Gasteiger partial charge < -0.3 is 20.4 Å². The Bertz CT molecular complexity index is 1020. The first kappa shape index (κ1) is 19.7. The summed E-state index contributed by atoms with van der Waals surface area (Å²) in [7, 11) is 2.09. The van der Waals surface area contributed by atoms with Crippen LogP contribution >= 0.6 is 0 Å². The SMILES string of the molecule is CN1CCN(c2ncnc(Nc3cc(CC(=O)Nc4cccc(F)c4)[nH]n3)n2)CC1. The van der Waals surface area contributed by atoms with Crippen LogP contribution in [0.2, 0.25) is 0 Å². The van der Waals surface area contributed by atoms with Crippen LogP contribution in [0.15, 0.2) is 36.7 Å². The van der Waals surface area contributed by atoms with Crippen LogP contribution in [0.4, 0.5) is 27.8 Å². The summed E-state index contributed by atoms with van der Waals surface area (Å²) in [6.45, 7) is 3.61. The minimum atomic E-state index is -0.408. The van der Waals surface area contributed by atoms with Gasteiger partial charge in [-0.15, -0.1) is 0 Å². The van der Waals surface area contributed by atoms with Crippen molar-refractivity contribution in [1.29, 1.82) is 0 Å². The second kappa shape index (κ2) is 8.82. The van der Waals surface area contributed by atoms with Gasteiger partial charge in [-0.2, -0.15) is 10.1 Å². The fourth-order valence-electron chi connectivity index (χ4n) is 3.08. The van der Waals surface area contributed by atoms with Gasteiger partial charge in [0.2, 0.25) is 17.8 Å². The maximum Gasteiger partial charge on any atom is 0.233 e. The molecule has 1 fully saturated rings. The fraction of sp³-hybridized carbons (Fsp3) is 0.316. The lowest BCUT2D eigenvalue weighted by Gasteiger charge is -2.32. The van der Waals surface area contributed by atoms with Crippen molar-refractivity contribution in [1.82, 2.24) is 30.0 Å². The minimum absolute atomic E-state index is 0.0644. The van der Waals surface area contributed by atoms with E-state index >= 15 is 0 Å². The highest BCUT2D eigenvalue weighted by Gasteiger charge is 2.17. The molecular formula is C19H22FN9O. The third-order valence-corrected chi connectivity index (χ3v) is 4.68. The van der Waals surface area contributed by atoms with E-state index in [1.54, 1.807) is 12.1 Å². The summed E-state index contributed by atoms with van der Waals surface area (Å²) in [5, 5.41) is 12.6. The first-order chi connectivity index (χ1) is 14.5. The number of likely N-dealkylation sites (N-methyl/N-ethyl adjacent to an activating group) is 1. The van der Waals surface area contributed by atoms with Gasteiger partial charge in [-0.25, -0.2) is 14.4 Å². The second-order valence-electron chi connectivity index (χ2n) is 7.04. The number of benzene rings is 1. The monoisotopic (exact) mass is 411 g/mol. The maximum absolute atomic E-state index is 13.2. The third-order valence-electron chi connectivity index (χ3n) is 4.68. The van der Waals surface area contributed by atoms with Gasteiger partial charge in [-0.3, -0.25) is 9.89 Å². The summed E-state index contributed by atoms with van der Waals surface area (Å²) in [5.41, 5.74) is 0.999. The van der Waals surface area contributed by atoms with Gasteiger partial charge in [-0.05, 0) is 25.2 Å². The van der Waals surface area contributed by atoms with Gasteiger partial charge in [0.25, 0.3) is 0 Å². The highest BCUT2D eigenvalue weighted by atomic mass is 19.1. The van der Waals surface area contributed by atoms with Gasteiger partial charge in [0, 0.05) is 43.6 Å². The molecule has 1 aliphatic rings. The number of nitrogens with one attached hydrogen (secondary N) is 3. The number of carbonyl (C=O) groups excluding carboxylic acids is 1. The van der Waals surface area contributed by atoms with E-state index in [0.717, 1.165) is 26.2 Å². The smallest absolute Gasteiger partial charge is 0.233 e. The van der Waals surface area contributed by atoms with Gasteiger partial charge in [0.1, 0.15) is 12.1 Å². The van der Waals surface area contributed by atoms with E-state index in [9.17, 15) is 9.18 Å². The summed E-state index contributed by atoms with van der Waals surface area (Å²) in [6.07, 6.45) is 1.53. The van der Waals surface area contributed by atoms with Crippen LogP contribution in [0.1, 0.15) is 5.69 Å². The highest BCUT2D eigenvalue weighted by molar-refractivity contribution is 5.92. The number of piperazine rings is 1. The molecule has 30 heavy (non-hydrogen) atoms. The van der Waals surface area contributed by atoms with Gasteiger partial charge in [-0.1, -0.05) is 6.07 Å². The van der Waals surface area contributed by atoms with Crippen LogP contribution in [0.3, 0.4) is 0 Å². The molecule has 156 valence electrons. The zero-order valence-electron chi connectivity index (χ0n) is 16.5. The van der Waals surface area contributed by atoms with E-state index in [0.29, 0.717) is 29.1 Å². The molecule has 0 unspecified atom stereocenters. The molecule has 1 amide bonds. The number of amides is 1. The van der Waals surface area contributed by atoms with Crippen molar-refractivity contribution in [3.05, 3.63) is 48.2 Å². The summed E-state index contributed by atoms with van der Waals surface area (Å²) in [4.78, 5) is 29.4. The predicted molar refractivity (Wildman–Crippen MR) is 110 cm³/mol. The van der Waals surface area contributed by atoms with Crippen LogP contribution in [0.5, 0.6) is 0 Å². The molecule has 3 heterocycles. The summed E-state index contributed by atoms with van der Waals surface area (Å²) in [6, 6.07) is 7.44. The topological polar surface area (TPSA) is 115 Å². The summed E-state index contributed by atoms with van der Waals surface area (Å²) >= 11 is 0. The quantitative estimate of drug-likeness (QED) is 0.558. The Labute approximate surface area is 172 Å². The summed E-state index contributed by atoms with van der Waals surface area (Å²) in [5.74, 6) is 0.786. The van der Waals surface area contributed by atoms with Crippen molar-refractivity contribution in [3.63, 3.8) is 0 Å². The van der Waals surface area contributed by atoms with Crippen molar-refractivity contribution < 1.29 is 9.18 Å². The molecule has 1 aliphatic heterocycles. The molecular weight excluding hydrogens is 389 g/mol. The molecule has 2 aromatic heterocycles. The maximum atomic E-state index is 13.2. The number of hydrogen-bond donors (Lipinski definition) is 3. The molecule has 4 rings (SSSR count). The average molecular weight is 411 g/mol. The van der Waals surface area contributed by atoms with Crippen LogP contribution in [0, 0.1) is 5.82 Å². The Hall–Kier alpha value is -3.60. The van der Waals surface area contributed by atoms with Crippen LogP contribution in [0.25, 0.3) is 0 Å². The average Bonchev–Trinajstić information content (AvgIpc) is 3.15. The summed E-state index contributed by atoms with van der Waals surface area (Å²) < 4.78 is 13.2. The molecule has 1 aromatic carbocycles. The van der Waals surface area contributed by atoms with Gasteiger partial charge in [0.05, 0.1) is 6.42 Å². The van der Waals surface area contributed by atoms with Crippen LogP contribution < -0.4 is 15.5 Å². The van der Waals surface area contributed by atoms with Crippen molar-refractivity contribution >= 4 is 29.3 Å². The molecule has 11 heteroatoms. The Morgan fingerprint density at radius 2 is 2.03 bits per heavy atom. The fourth-order valence-corrected chi connectivity index (χ4v) is 3.08. The molecule has 0 bridgehead atoms. The molecule has 3 aromatic rings. The van der Waals surface area contributed by atoms with E-state index < -0.39 is 5.82 Å². The number of aromatic amines is 1. The number of H-pyrrole nitrogens is 1. The number of rotatable bonds is 6. The molecule has 3 N–H and O–H groups in total. The number of carbonyl (C=O) groups is 1. The van der Waals surface area contributed by atoms with E-state index in [2.05, 4.69) is 52.6 Å². The Balaban J connectivity index is 1.35. The predicted octanol–water partition coefficient (Wildman–Crippen LogP) is 1.41. The number of hydrogen-bond acceptors (Lipinski definition) is 8. The molecule has 0 aliphatic carbocycles. The van der Waals surface area contributed by atoms with E-state index in [4.69, 9.17) is 0 Å². The zero-order valence-corrected chi connectivity index (χ0v) is 16.5. The second-order valence-corrected chi connectivity index (χ2v) is 7.04. The van der Waals surface area contributed by atoms with E-state index in [1.165, 1.54) is 24.5 Å². The van der Waals surface area contributed by atoms with Gasteiger partial charge >= 0.3 is 0 Å². The first-order valence-electron chi connectivity index (χ1n) is 9.54. The normalized spacial score (nSPS) is 14.5. The van der Waals surface area contributed by atoms with Gasteiger partial charge in [0.15, 0.2) is 5.82 Å². The number of halogens is 1. The van der Waals surface area contributed by atoms with Crippen LogP contribution in [-0.4, -0.2) is 69.2 Å². The Kier molecular flexibility index (Phi) is 5.80. The third kappa shape index (κ3) is 5.06. The van der Waals surface area contributed by atoms with E-state index in [1.807, 2.05) is 0 Å². The molecule has 0 saturated carbocycles. The molecule has 0 spiro atoms. The molecule has 10 nitrogen and oxygen atoms in total. The zero-order chi connectivity index (χ0) is 20.9. The highest BCUT2D eigenvalue weighted by Crippen LogP contribution is 2.16. The lowest BCUT2D eigenvalue weighted by Crippen LogP contribution is -2.45. The Morgan fingerprint density at radius 3 is 2.83 bits per heavy atom. The van der Waals surface area contributed by atoms with Crippen LogP contribution in [-0.2, 0) is 11.2 Å². The largest absolute Gasteiger partial charge is 0.338 e. The number of nitrogens with zero attached hydrogens (tertiary/aromatic N) is 6. The van der Waals surface area contributed by atoms with Crippen molar-refractivity contribution in [2.45, 2.75) is 6.42 Å². The van der Waals surface area contributed by atoms with Crippen molar-refractivity contribution in [2.24, 2.45) is 0 Å². The molecule has 1 saturated heterocycles. The number of anilines is 4. The number of aromatic nitrogens is 5. The molecule has 0 radical (unpaired) electrons. The molecule has 0 atom stereocenters. The first-order valence-corrected chi connectivity index (χ1v) is 9.54.